The highest BCUT2D eigenvalue weighted by Crippen LogP contribution is 2.10. The van der Waals surface area contributed by atoms with Crippen LogP contribution in [0.2, 0.25) is 0 Å². The van der Waals surface area contributed by atoms with Crippen LogP contribution < -0.4 is 0 Å². The summed E-state index contributed by atoms with van der Waals surface area (Å²) in [5.41, 5.74) is -0.744. The predicted molar refractivity (Wildman–Crippen MR) is 66.2 cm³/mol. The third-order valence-corrected chi connectivity index (χ3v) is 2.09. The van der Waals surface area contributed by atoms with Crippen molar-refractivity contribution in [2.24, 2.45) is 0 Å². The Balaban J connectivity index is 2.67. The van der Waals surface area contributed by atoms with Crippen molar-refractivity contribution < 1.29 is 23.5 Å². The van der Waals surface area contributed by atoms with Crippen LogP contribution >= 0.6 is 0 Å². The lowest BCUT2D eigenvalue weighted by Gasteiger charge is -2.18. The molecule has 0 amide bonds. The van der Waals surface area contributed by atoms with E-state index in [2.05, 4.69) is 0 Å². The molecule has 0 radical (unpaired) electrons. The molecule has 0 aliphatic heterocycles. The standard InChI is InChI=1S/C14H15FO4/c1-14(2,3)19-13(18)12(17)8-11(16)9-5-4-6-10(15)7-9/h4-7H,8H2,1-3H3. The molecular weight excluding hydrogens is 251 g/mol. The average Bonchev–Trinajstić information content (AvgIpc) is 2.26. The molecule has 0 aliphatic rings. The second kappa shape index (κ2) is 5.73. The van der Waals surface area contributed by atoms with Gasteiger partial charge in [-0.1, -0.05) is 12.1 Å². The van der Waals surface area contributed by atoms with Crippen molar-refractivity contribution in [3.63, 3.8) is 0 Å². The second-order valence-corrected chi connectivity index (χ2v) is 5.04. The number of ketones is 2. The topological polar surface area (TPSA) is 60.4 Å². The van der Waals surface area contributed by atoms with Gasteiger partial charge in [0.2, 0.25) is 5.78 Å². The van der Waals surface area contributed by atoms with Crippen molar-refractivity contribution >= 4 is 17.5 Å². The highest BCUT2D eigenvalue weighted by molar-refractivity contribution is 6.38. The first-order chi connectivity index (χ1) is 8.69. The van der Waals surface area contributed by atoms with Gasteiger partial charge >= 0.3 is 5.97 Å². The van der Waals surface area contributed by atoms with Gasteiger partial charge in [-0.3, -0.25) is 9.59 Å². The van der Waals surface area contributed by atoms with Crippen LogP contribution in [-0.4, -0.2) is 23.1 Å². The minimum absolute atomic E-state index is 0.0527. The molecule has 102 valence electrons. The Morgan fingerprint density at radius 2 is 1.84 bits per heavy atom. The molecule has 0 heterocycles. The maximum Gasteiger partial charge on any atom is 0.375 e. The molecule has 1 rings (SSSR count). The minimum Gasteiger partial charge on any atom is -0.454 e. The molecule has 19 heavy (non-hydrogen) atoms. The van der Waals surface area contributed by atoms with Gasteiger partial charge in [0.15, 0.2) is 5.78 Å². The molecule has 0 bridgehead atoms. The summed E-state index contributed by atoms with van der Waals surface area (Å²) in [6, 6.07) is 4.95. The normalized spacial score (nSPS) is 10.9. The molecule has 0 saturated heterocycles. The third-order valence-electron chi connectivity index (χ3n) is 2.09. The van der Waals surface area contributed by atoms with E-state index in [1.165, 1.54) is 18.2 Å². The van der Waals surface area contributed by atoms with E-state index in [4.69, 9.17) is 4.74 Å². The van der Waals surface area contributed by atoms with Crippen molar-refractivity contribution in [2.75, 3.05) is 0 Å². The highest BCUT2D eigenvalue weighted by atomic mass is 19.1. The van der Waals surface area contributed by atoms with Gasteiger partial charge in [-0.2, -0.15) is 0 Å². The molecule has 1 aromatic carbocycles. The van der Waals surface area contributed by atoms with E-state index in [9.17, 15) is 18.8 Å². The number of halogens is 1. The van der Waals surface area contributed by atoms with Crippen LogP contribution in [0.4, 0.5) is 4.39 Å². The molecule has 5 heteroatoms. The SMILES string of the molecule is CC(C)(C)OC(=O)C(=O)CC(=O)c1cccc(F)c1. The van der Waals surface area contributed by atoms with E-state index in [-0.39, 0.29) is 5.56 Å². The summed E-state index contributed by atoms with van der Waals surface area (Å²) in [5, 5.41) is 0. The van der Waals surface area contributed by atoms with E-state index in [0.717, 1.165) is 6.07 Å². The molecule has 0 saturated carbocycles. The first kappa shape index (κ1) is 15.0. The van der Waals surface area contributed by atoms with Crippen LogP contribution in [0.25, 0.3) is 0 Å². The van der Waals surface area contributed by atoms with E-state index in [0.29, 0.717) is 0 Å². The van der Waals surface area contributed by atoms with Crippen LogP contribution in [0, 0.1) is 5.82 Å². The summed E-state index contributed by atoms with van der Waals surface area (Å²) in [7, 11) is 0. The molecule has 0 N–H and O–H groups in total. The molecule has 0 aromatic heterocycles. The van der Waals surface area contributed by atoms with E-state index in [1.54, 1.807) is 20.8 Å². The zero-order chi connectivity index (χ0) is 14.6. The Kier molecular flexibility index (Phi) is 4.53. The monoisotopic (exact) mass is 266 g/mol. The quantitative estimate of drug-likeness (QED) is 0.363. The lowest BCUT2D eigenvalue weighted by Crippen LogP contribution is -2.30. The Hall–Kier alpha value is -2.04. The number of ether oxygens (including phenoxy) is 1. The molecule has 0 atom stereocenters. The van der Waals surface area contributed by atoms with Crippen LogP contribution in [0.15, 0.2) is 24.3 Å². The van der Waals surface area contributed by atoms with Gasteiger partial charge in [-0.25, -0.2) is 9.18 Å². The van der Waals surface area contributed by atoms with Gasteiger partial charge in [0.1, 0.15) is 11.4 Å². The van der Waals surface area contributed by atoms with E-state index >= 15 is 0 Å². The van der Waals surface area contributed by atoms with Gasteiger partial charge in [-0.05, 0) is 32.9 Å². The number of carbonyl (C=O) groups is 3. The van der Waals surface area contributed by atoms with Crippen molar-refractivity contribution in [3.8, 4) is 0 Å². The largest absolute Gasteiger partial charge is 0.454 e. The Morgan fingerprint density at radius 1 is 1.21 bits per heavy atom. The van der Waals surface area contributed by atoms with Gasteiger partial charge in [0, 0.05) is 5.56 Å². The van der Waals surface area contributed by atoms with Crippen LogP contribution in [0.5, 0.6) is 0 Å². The number of benzene rings is 1. The summed E-state index contributed by atoms with van der Waals surface area (Å²) in [4.78, 5) is 34.6. The zero-order valence-electron chi connectivity index (χ0n) is 11.0. The highest BCUT2D eigenvalue weighted by Gasteiger charge is 2.25. The molecule has 4 nitrogen and oxygen atoms in total. The number of hydrogen-bond acceptors (Lipinski definition) is 4. The number of carbonyl (C=O) groups excluding carboxylic acids is 3. The number of rotatable bonds is 4. The molecule has 0 aliphatic carbocycles. The fraction of sp³-hybridized carbons (Fsp3) is 0.357. The summed E-state index contributed by atoms with van der Waals surface area (Å²) in [6.07, 6.45) is -0.627. The van der Waals surface area contributed by atoms with Crippen LogP contribution in [0.3, 0.4) is 0 Å². The van der Waals surface area contributed by atoms with Crippen molar-refractivity contribution in [1.82, 2.24) is 0 Å². The first-order valence-electron chi connectivity index (χ1n) is 5.74. The van der Waals surface area contributed by atoms with Crippen LogP contribution in [0.1, 0.15) is 37.6 Å². The van der Waals surface area contributed by atoms with Crippen LogP contribution in [-0.2, 0) is 14.3 Å². The molecule has 1 aromatic rings. The summed E-state index contributed by atoms with van der Waals surface area (Å²) in [6.45, 7) is 4.85. The Bertz CT molecular complexity index is 514. The average molecular weight is 266 g/mol. The number of Topliss-reactive ketones (excluding diaryl/α,β-unsaturated/α-hetero) is 2. The van der Waals surface area contributed by atoms with E-state index < -0.39 is 35.4 Å². The number of esters is 1. The fourth-order valence-corrected chi connectivity index (χ4v) is 1.32. The molecule has 0 spiro atoms. The lowest BCUT2D eigenvalue weighted by molar-refractivity contribution is -0.162. The van der Waals surface area contributed by atoms with Crippen molar-refractivity contribution in [1.29, 1.82) is 0 Å². The molecule has 0 fully saturated rings. The lowest BCUT2D eigenvalue weighted by atomic mass is 10.1. The summed E-state index contributed by atoms with van der Waals surface area (Å²) >= 11 is 0. The fourth-order valence-electron chi connectivity index (χ4n) is 1.32. The second-order valence-electron chi connectivity index (χ2n) is 5.04. The van der Waals surface area contributed by atoms with Gasteiger partial charge in [0.05, 0.1) is 6.42 Å². The van der Waals surface area contributed by atoms with Crippen molar-refractivity contribution in [2.45, 2.75) is 32.8 Å². The molecular formula is C14H15FO4. The summed E-state index contributed by atoms with van der Waals surface area (Å²) in [5.74, 6) is -3.19. The zero-order valence-corrected chi connectivity index (χ0v) is 11.0. The Morgan fingerprint density at radius 3 is 2.37 bits per heavy atom. The smallest absolute Gasteiger partial charge is 0.375 e. The number of hydrogen-bond donors (Lipinski definition) is 0. The minimum atomic E-state index is -1.06. The van der Waals surface area contributed by atoms with Gasteiger partial charge < -0.3 is 4.74 Å². The van der Waals surface area contributed by atoms with Gasteiger partial charge in [-0.15, -0.1) is 0 Å². The van der Waals surface area contributed by atoms with Crippen molar-refractivity contribution in [3.05, 3.63) is 35.6 Å². The first-order valence-corrected chi connectivity index (χ1v) is 5.74. The maximum atomic E-state index is 12.9. The maximum absolute atomic E-state index is 12.9. The summed E-state index contributed by atoms with van der Waals surface area (Å²) < 4.78 is 17.8. The van der Waals surface area contributed by atoms with Gasteiger partial charge in [0.25, 0.3) is 0 Å². The third kappa shape index (κ3) is 4.99. The van der Waals surface area contributed by atoms with E-state index in [1.807, 2.05) is 0 Å². The Labute approximate surface area is 110 Å². The molecule has 0 unspecified atom stereocenters. The predicted octanol–water partition coefficient (Wildman–Crippen LogP) is 2.31.